The molecule has 0 aliphatic carbocycles. The number of fused-ring (bicyclic) bond motifs is 5. The van der Waals surface area contributed by atoms with Crippen LogP contribution in [0.3, 0.4) is 0 Å². The normalized spacial score (nSPS) is 11.3. The lowest BCUT2D eigenvalue weighted by Gasteiger charge is -2.27. The first-order chi connectivity index (χ1) is 20.8. The van der Waals surface area contributed by atoms with Crippen LogP contribution in [0.2, 0.25) is 0 Å². The molecule has 42 heavy (non-hydrogen) atoms. The molecule has 0 aliphatic rings. The van der Waals surface area contributed by atoms with E-state index in [9.17, 15) is 0 Å². The lowest BCUT2D eigenvalue weighted by molar-refractivity contribution is 1.30. The van der Waals surface area contributed by atoms with Crippen LogP contribution in [0.25, 0.3) is 53.2 Å². The fourth-order valence-corrected chi connectivity index (χ4v) is 7.25. The number of anilines is 3. The number of nitrogens with zero attached hydrogens (tertiary/aromatic N) is 1. The fraction of sp³-hybridized carbons (Fsp3) is 0. The summed E-state index contributed by atoms with van der Waals surface area (Å²) in [4.78, 5) is 2.40. The Morgan fingerprint density at radius 1 is 0.357 bits per heavy atom. The van der Waals surface area contributed by atoms with Gasteiger partial charge in [-0.25, -0.2) is 0 Å². The van der Waals surface area contributed by atoms with E-state index < -0.39 is 0 Å². The first-order valence-corrected chi connectivity index (χ1v) is 15.1. The van der Waals surface area contributed by atoms with Gasteiger partial charge in [0.15, 0.2) is 0 Å². The Morgan fingerprint density at radius 2 is 0.905 bits per heavy atom. The molecule has 0 radical (unpaired) electrons. The Bertz CT molecular complexity index is 2180. The molecule has 7 aromatic carbocycles. The highest BCUT2D eigenvalue weighted by Crippen LogP contribution is 2.46. The minimum Gasteiger partial charge on any atom is -0.310 e. The van der Waals surface area contributed by atoms with Crippen LogP contribution < -0.4 is 4.90 Å². The number of benzene rings is 7. The van der Waals surface area contributed by atoms with Gasteiger partial charge in [-0.2, -0.15) is 0 Å². The fourth-order valence-electron chi connectivity index (χ4n) is 6.03. The Morgan fingerprint density at radius 3 is 1.64 bits per heavy atom. The zero-order valence-electron chi connectivity index (χ0n) is 22.9. The summed E-state index contributed by atoms with van der Waals surface area (Å²) in [6.07, 6.45) is 0. The molecule has 0 saturated heterocycles. The van der Waals surface area contributed by atoms with Crippen LogP contribution in [0.4, 0.5) is 17.1 Å². The Labute approximate surface area is 249 Å². The van der Waals surface area contributed by atoms with Crippen LogP contribution in [-0.2, 0) is 0 Å². The number of hydrogen-bond donors (Lipinski definition) is 0. The van der Waals surface area contributed by atoms with Crippen molar-refractivity contribution in [2.45, 2.75) is 0 Å². The molecule has 0 aliphatic heterocycles. The van der Waals surface area contributed by atoms with Crippen molar-refractivity contribution in [2.24, 2.45) is 0 Å². The quantitative estimate of drug-likeness (QED) is 0.205. The first-order valence-electron chi connectivity index (χ1n) is 14.3. The van der Waals surface area contributed by atoms with Gasteiger partial charge in [0.2, 0.25) is 0 Å². The van der Waals surface area contributed by atoms with Crippen LogP contribution in [0, 0.1) is 0 Å². The van der Waals surface area contributed by atoms with Crippen molar-refractivity contribution in [3.05, 3.63) is 164 Å². The molecule has 1 aromatic heterocycles. The predicted octanol–water partition coefficient (Wildman–Crippen LogP) is 12.0. The molecule has 0 atom stereocenters. The van der Waals surface area contributed by atoms with Gasteiger partial charge >= 0.3 is 0 Å². The summed E-state index contributed by atoms with van der Waals surface area (Å²) in [5.41, 5.74) is 8.33. The molecule has 1 heterocycles. The van der Waals surface area contributed by atoms with E-state index in [-0.39, 0.29) is 0 Å². The largest absolute Gasteiger partial charge is 0.310 e. The van der Waals surface area contributed by atoms with E-state index in [4.69, 9.17) is 0 Å². The molecule has 8 rings (SSSR count). The SMILES string of the molecule is c1ccc(-c2cccc(-c3ccc(N(c4ccccc4)c4cc5c6ccccc6sc5c5ccccc45)cc3)c2)cc1. The zero-order chi connectivity index (χ0) is 27.9. The topological polar surface area (TPSA) is 3.24 Å². The molecule has 1 nitrogen and oxygen atoms in total. The van der Waals surface area contributed by atoms with Gasteiger partial charge in [-0.15, -0.1) is 11.3 Å². The van der Waals surface area contributed by atoms with E-state index in [1.165, 1.54) is 58.9 Å². The van der Waals surface area contributed by atoms with Crippen molar-refractivity contribution in [3.8, 4) is 22.3 Å². The molecule has 2 heteroatoms. The summed E-state index contributed by atoms with van der Waals surface area (Å²) < 4.78 is 2.67. The highest BCUT2D eigenvalue weighted by Gasteiger charge is 2.19. The Balaban J connectivity index is 1.29. The lowest BCUT2D eigenvalue weighted by atomic mass is 9.98. The molecule has 0 amide bonds. The Kier molecular flexibility index (Phi) is 6.05. The van der Waals surface area contributed by atoms with Gasteiger partial charge in [-0.05, 0) is 64.7 Å². The minimum atomic E-state index is 1.13. The van der Waals surface area contributed by atoms with Crippen LogP contribution in [0.5, 0.6) is 0 Å². The van der Waals surface area contributed by atoms with Crippen LogP contribution in [-0.4, -0.2) is 0 Å². The summed E-state index contributed by atoms with van der Waals surface area (Å²) in [6, 6.07) is 59.1. The van der Waals surface area contributed by atoms with Crippen LogP contribution in [0.15, 0.2) is 164 Å². The molecule has 0 unspecified atom stereocenters. The molecule has 0 N–H and O–H groups in total. The smallest absolute Gasteiger partial charge is 0.0547 e. The molecule has 198 valence electrons. The van der Waals surface area contributed by atoms with Crippen molar-refractivity contribution in [1.29, 1.82) is 0 Å². The molecule has 0 fully saturated rings. The predicted molar refractivity (Wildman–Crippen MR) is 182 cm³/mol. The number of hydrogen-bond acceptors (Lipinski definition) is 2. The zero-order valence-corrected chi connectivity index (χ0v) is 23.8. The summed E-state index contributed by atoms with van der Waals surface area (Å²) in [6.45, 7) is 0. The van der Waals surface area contributed by atoms with E-state index in [0.717, 1.165) is 11.4 Å². The first kappa shape index (κ1) is 24.6. The summed E-state index contributed by atoms with van der Waals surface area (Å²) in [5, 5.41) is 5.16. The highest BCUT2D eigenvalue weighted by atomic mass is 32.1. The monoisotopic (exact) mass is 553 g/mol. The van der Waals surface area contributed by atoms with Gasteiger partial charge in [0.05, 0.1) is 5.69 Å². The maximum Gasteiger partial charge on any atom is 0.0547 e. The number of para-hydroxylation sites is 1. The molecule has 0 bridgehead atoms. The second-order valence-corrected chi connectivity index (χ2v) is 11.6. The lowest BCUT2D eigenvalue weighted by Crippen LogP contribution is -2.10. The van der Waals surface area contributed by atoms with Crippen molar-refractivity contribution in [1.82, 2.24) is 0 Å². The third kappa shape index (κ3) is 4.25. The third-order valence-corrected chi connectivity index (χ3v) is 9.27. The second-order valence-electron chi connectivity index (χ2n) is 10.6. The van der Waals surface area contributed by atoms with Crippen LogP contribution >= 0.6 is 11.3 Å². The molecular weight excluding hydrogens is 527 g/mol. The van der Waals surface area contributed by atoms with E-state index in [1.807, 2.05) is 11.3 Å². The average Bonchev–Trinajstić information content (AvgIpc) is 3.45. The van der Waals surface area contributed by atoms with Crippen molar-refractivity contribution >= 4 is 59.3 Å². The van der Waals surface area contributed by atoms with E-state index >= 15 is 0 Å². The summed E-state index contributed by atoms with van der Waals surface area (Å²) >= 11 is 1.88. The van der Waals surface area contributed by atoms with Gasteiger partial charge in [-0.1, -0.05) is 121 Å². The molecule has 0 spiro atoms. The molecule has 8 aromatic rings. The number of rotatable bonds is 5. The van der Waals surface area contributed by atoms with Gasteiger partial charge in [0.25, 0.3) is 0 Å². The van der Waals surface area contributed by atoms with Gasteiger partial charge < -0.3 is 4.90 Å². The maximum atomic E-state index is 2.40. The van der Waals surface area contributed by atoms with Gasteiger partial charge in [0.1, 0.15) is 0 Å². The van der Waals surface area contributed by atoms with Gasteiger partial charge in [-0.3, -0.25) is 0 Å². The summed E-state index contributed by atoms with van der Waals surface area (Å²) in [5.74, 6) is 0. The summed E-state index contributed by atoms with van der Waals surface area (Å²) in [7, 11) is 0. The molecule has 0 saturated carbocycles. The third-order valence-electron chi connectivity index (χ3n) is 8.05. The number of thiophene rings is 1. The standard InChI is InChI=1S/C40H27NS/c1-3-12-28(13-4-1)30-14-11-15-31(26-30)29-22-24-33(25-23-29)41(32-16-5-2-6-17-32)38-27-37-35-19-9-10-21-39(35)42-40(37)36-20-8-7-18-34(36)38/h1-27H. The average molecular weight is 554 g/mol. The van der Waals surface area contributed by atoms with Crippen molar-refractivity contribution in [3.63, 3.8) is 0 Å². The maximum absolute atomic E-state index is 2.40. The van der Waals surface area contributed by atoms with Crippen molar-refractivity contribution < 1.29 is 0 Å². The highest BCUT2D eigenvalue weighted by molar-refractivity contribution is 7.26. The Hall–Kier alpha value is -5.18. The van der Waals surface area contributed by atoms with E-state index in [0.29, 0.717) is 0 Å². The van der Waals surface area contributed by atoms with E-state index in [1.54, 1.807) is 0 Å². The van der Waals surface area contributed by atoms with Crippen molar-refractivity contribution in [2.75, 3.05) is 4.90 Å². The molecular formula is C40H27NS. The van der Waals surface area contributed by atoms with E-state index in [2.05, 4.69) is 169 Å². The van der Waals surface area contributed by atoms with Gasteiger partial charge in [0, 0.05) is 42.3 Å². The minimum absolute atomic E-state index is 1.13. The van der Waals surface area contributed by atoms with Crippen LogP contribution in [0.1, 0.15) is 0 Å². The second kappa shape index (κ2) is 10.3.